The van der Waals surface area contributed by atoms with Crippen molar-refractivity contribution in [3.05, 3.63) is 54.2 Å². The molecular formula is C32H43N4O5+. The molecule has 41 heavy (non-hydrogen) atoms. The zero-order valence-electron chi connectivity index (χ0n) is 25.0. The van der Waals surface area contributed by atoms with Gasteiger partial charge in [-0.25, -0.2) is 9.36 Å². The van der Waals surface area contributed by atoms with E-state index in [9.17, 15) is 4.79 Å². The van der Waals surface area contributed by atoms with Gasteiger partial charge in [-0.2, -0.15) is 5.10 Å². The maximum Gasteiger partial charge on any atom is 0.359 e. The Bertz CT molecular complexity index is 1350. The number of aryl methyl sites for hydroxylation is 1. The Morgan fingerprint density at radius 2 is 1.71 bits per heavy atom. The summed E-state index contributed by atoms with van der Waals surface area (Å²) in [5, 5.41) is 7.42. The Labute approximate surface area is 243 Å². The lowest BCUT2D eigenvalue weighted by molar-refractivity contribution is -0.644. The van der Waals surface area contributed by atoms with Gasteiger partial charge in [0.1, 0.15) is 24.2 Å². The van der Waals surface area contributed by atoms with Crippen LogP contribution in [0.2, 0.25) is 0 Å². The third-order valence-corrected chi connectivity index (χ3v) is 7.17. The summed E-state index contributed by atoms with van der Waals surface area (Å²) in [5.41, 5.74) is 3.56. The second-order valence-corrected chi connectivity index (χ2v) is 10.1. The van der Waals surface area contributed by atoms with E-state index in [1.54, 1.807) is 5.01 Å². The first-order valence-electron chi connectivity index (χ1n) is 14.5. The molecule has 1 aliphatic rings. The SMILES string of the molecule is CCCCOc1cc(N(C)/N=C(\C(=O)OC)c2cc[n+](C)c3ccccc23)c(OCCCC)cc1N1CCOCC1. The molecule has 1 aromatic heterocycles. The molecule has 0 atom stereocenters. The van der Waals surface area contributed by atoms with Crippen LogP contribution in [0.4, 0.5) is 11.4 Å². The minimum absolute atomic E-state index is 0.206. The van der Waals surface area contributed by atoms with Gasteiger partial charge in [0.2, 0.25) is 5.52 Å². The van der Waals surface area contributed by atoms with E-state index in [0.717, 1.165) is 61.1 Å². The number of para-hydroxylation sites is 1. The van der Waals surface area contributed by atoms with E-state index in [-0.39, 0.29) is 5.71 Å². The van der Waals surface area contributed by atoms with Crippen molar-refractivity contribution in [3.8, 4) is 11.5 Å². The standard InChI is InChI=1S/C32H43N4O5/c1-6-8-18-40-29-23-28(36-16-20-39-21-17-36)30(41-19-9-7-2)22-27(29)35(4)33-31(32(37)38-5)25-14-15-34(3)26-13-11-10-12-24(25)26/h10-15,22-23H,6-9,16-21H2,1-5H3/q+1. The van der Waals surface area contributed by atoms with Gasteiger partial charge in [-0.15, -0.1) is 0 Å². The lowest BCUT2D eigenvalue weighted by Gasteiger charge is -2.31. The van der Waals surface area contributed by atoms with Crippen molar-refractivity contribution < 1.29 is 28.3 Å². The summed E-state index contributed by atoms with van der Waals surface area (Å²) in [6.45, 7) is 8.34. The predicted molar refractivity (Wildman–Crippen MR) is 162 cm³/mol. The number of nitrogens with zero attached hydrogens (tertiary/aromatic N) is 4. The van der Waals surface area contributed by atoms with Gasteiger partial charge < -0.3 is 23.8 Å². The van der Waals surface area contributed by atoms with Gasteiger partial charge in [-0.05, 0) is 18.9 Å². The molecule has 0 radical (unpaired) electrons. The third kappa shape index (κ3) is 7.27. The van der Waals surface area contributed by atoms with Crippen molar-refractivity contribution in [2.75, 3.05) is 63.6 Å². The molecule has 0 saturated carbocycles. The van der Waals surface area contributed by atoms with E-state index in [4.69, 9.17) is 24.0 Å². The number of anilines is 2. The number of carbonyl (C=O) groups excluding carboxylic acids is 1. The van der Waals surface area contributed by atoms with E-state index >= 15 is 0 Å². The molecule has 220 valence electrons. The Morgan fingerprint density at radius 1 is 1.02 bits per heavy atom. The van der Waals surface area contributed by atoms with Crippen LogP contribution >= 0.6 is 0 Å². The van der Waals surface area contributed by atoms with E-state index < -0.39 is 5.97 Å². The van der Waals surface area contributed by atoms with E-state index in [2.05, 4.69) is 18.7 Å². The molecule has 1 aliphatic heterocycles. The molecule has 0 amide bonds. The average Bonchev–Trinajstić information content (AvgIpc) is 3.01. The smallest absolute Gasteiger partial charge is 0.359 e. The van der Waals surface area contributed by atoms with E-state index in [1.165, 1.54) is 7.11 Å². The van der Waals surface area contributed by atoms with Gasteiger partial charge in [-0.1, -0.05) is 38.8 Å². The highest BCUT2D eigenvalue weighted by Crippen LogP contribution is 2.41. The van der Waals surface area contributed by atoms with E-state index in [0.29, 0.717) is 43.4 Å². The number of esters is 1. The molecule has 9 heteroatoms. The lowest BCUT2D eigenvalue weighted by atomic mass is 10.0. The summed E-state index contributed by atoms with van der Waals surface area (Å²) < 4.78 is 25.5. The fourth-order valence-electron chi connectivity index (χ4n) is 4.80. The molecular weight excluding hydrogens is 520 g/mol. The molecule has 0 spiro atoms. The lowest BCUT2D eigenvalue weighted by Crippen LogP contribution is -2.36. The number of unbranched alkanes of at least 4 members (excludes halogenated alkanes) is 2. The minimum Gasteiger partial charge on any atom is -0.491 e. The van der Waals surface area contributed by atoms with Gasteiger partial charge in [0, 0.05) is 50.0 Å². The molecule has 3 aromatic rings. The van der Waals surface area contributed by atoms with Gasteiger partial charge in [-0.3, -0.25) is 5.01 Å². The number of pyridine rings is 1. The molecule has 1 saturated heterocycles. The van der Waals surface area contributed by atoms with Gasteiger partial charge in [0.15, 0.2) is 11.9 Å². The van der Waals surface area contributed by atoms with Crippen LogP contribution < -0.4 is 23.9 Å². The second kappa shape index (κ2) is 14.7. The molecule has 0 bridgehead atoms. The van der Waals surface area contributed by atoms with Crippen molar-refractivity contribution in [1.29, 1.82) is 0 Å². The highest BCUT2D eigenvalue weighted by Gasteiger charge is 2.25. The fraction of sp³-hybridized carbons (Fsp3) is 0.469. The van der Waals surface area contributed by atoms with Crippen LogP contribution in [0, 0.1) is 0 Å². The first kappa shape index (κ1) is 30.1. The summed E-state index contributed by atoms with van der Waals surface area (Å²) in [5.74, 6) is 0.924. The Kier molecular flexibility index (Phi) is 10.8. The number of morpholine rings is 1. The number of methoxy groups -OCH3 is 1. The van der Waals surface area contributed by atoms with Crippen molar-refractivity contribution in [1.82, 2.24) is 0 Å². The fourth-order valence-corrected chi connectivity index (χ4v) is 4.80. The number of rotatable bonds is 13. The van der Waals surface area contributed by atoms with Crippen LogP contribution in [0.5, 0.6) is 11.5 Å². The third-order valence-electron chi connectivity index (χ3n) is 7.17. The van der Waals surface area contributed by atoms with Crippen LogP contribution in [-0.4, -0.2) is 65.4 Å². The molecule has 2 heterocycles. The van der Waals surface area contributed by atoms with Crippen LogP contribution in [0.25, 0.3) is 10.9 Å². The monoisotopic (exact) mass is 563 g/mol. The maximum atomic E-state index is 13.1. The molecule has 0 N–H and O–H groups in total. The number of ether oxygens (including phenoxy) is 4. The van der Waals surface area contributed by atoms with Crippen molar-refractivity contribution in [2.45, 2.75) is 39.5 Å². The summed E-state index contributed by atoms with van der Waals surface area (Å²) >= 11 is 0. The number of carbonyl (C=O) groups is 1. The summed E-state index contributed by atoms with van der Waals surface area (Å²) in [6.07, 6.45) is 5.85. The van der Waals surface area contributed by atoms with Gasteiger partial charge >= 0.3 is 5.97 Å². The quantitative estimate of drug-likeness (QED) is 0.0965. The maximum absolute atomic E-state index is 13.1. The highest BCUT2D eigenvalue weighted by atomic mass is 16.5. The molecule has 0 unspecified atom stereocenters. The zero-order chi connectivity index (χ0) is 29.2. The Hall–Kier alpha value is -3.85. The Balaban J connectivity index is 1.83. The Morgan fingerprint density at radius 3 is 2.39 bits per heavy atom. The normalized spacial score (nSPS) is 13.8. The molecule has 0 aliphatic carbocycles. The van der Waals surface area contributed by atoms with Crippen LogP contribution in [-0.2, 0) is 21.3 Å². The van der Waals surface area contributed by atoms with Gasteiger partial charge in [0.05, 0.1) is 44.6 Å². The van der Waals surface area contributed by atoms with Crippen LogP contribution in [0.1, 0.15) is 45.1 Å². The van der Waals surface area contributed by atoms with Crippen molar-refractivity contribution in [3.63, 3.8) is 0 Å². The number of fused-ring (bicyclic) bond motifs is 1. The highest BCUT2D eigenvalue weighted by molar-refractivity contribution is 6.45. The summed E-state index contributed by atoms with van der Waals surface area (Å²) in [7, 11) is 5.17. The zero-order valence-corrected chi connectivity index (χ0v) is 25.0. The first-order chi connectivity index (χ1) is 20.0. The summed E-state index contributed by atoms with van der Waals surface area (Å²) in [6, 6.07) is 13.8. The number of hydrogen-bond donors (Lipinski definition) is 0. The number of aromatic nitrogens is 1. The molecule has 2 aromatic carbocycles. The average molecular weight is 564 g/mol. The first-order valence-corrected chi connectivity index (χ1v) is 14.5. The van der Waals surface area contributed by atoms with Crippen LogP contribution in [0.15, 0.2) is 53.8 Å². The predicted octanol–water partition coefficient (Wildman–Crippen LogP) is 4.87. The summed E-state index contributed by atoms with van der Waals surface area (Å²) in [4.78, 5) is 15.4. The molecule has 4 rings (SSSR count). The van der Waals surface area contributed by atoms with Crippen molar-refractivity contribution >= 4 is 34.0 Å². The van der Waals surface area contributed by atoms with Crippen LogP contribution in [0.3, 0.4) is 0 Å². The van der Waals surface area contributed by atoms with Gasteiger partial charge in [0.25, 0.3) is 0 Å². The minimum atomic E-state index is -0.520. The van der Waals surface area contributed by atoms with E-state index in [1.807, 2.05) is 67.3 Å². The molecule has 1 fully saturated rings. The topological polar surface area (TPSA) is 76.7 Å². The number of hydrogen-bond acceptors (Lipinski definition) is 8. The molecule has 9 nitrogen and oxygen atoms in total. The largest absolute Gasteiger partial charge is 0.491 e. The number of hydrazone groups is 1. The second-order valence-electron chi connectivity index (χ2n) is 10.1. The number of benzene rings is 2. The van der Waals surface area contributed by atoms with Crippen molar-refractivity contribution in [2.24, 2.45) is 12.1 Å².